The summed E-state index contributed by atoms with van der Waals surface area (Å²) < 4.78 is 51.6. The molecule has 7 nitrogen and oxygen atoms in total. The molecule has 10 heteroatoms. The average molecular weight is 527 g/mol. The highest BCUT2D eigenvalue weighted by Crippen LogP contribution is 2.37. The second kappa shape index (κ2) is 10.5. The van der Waals surface area contributed by atoms with Crippen LogP contribution in [0.2, 0.25) is 0 Å². The Kier molecular flexibility index (Phi) is 7.46. The molecule has 0 spiro atoms. The molecule has 1 N–H and O–H groups in total. The van der Waals surface area contributed by atoms with Gasteiger partial charge in [-0.15, -0.1) is 11.3 Å². The van der Waals surface area contributed by atoms with Crippen molar-refractivity contribution in [2.45, 2.75) is 22.6 Å². The molecular weight excluding hydrogens is 506 g/mol. The summed E-state index contributed by atoms with van der Waals surface area (Å²) in [6.45, 7) is 0. The molecule has 180 valence electrons. The molecule has 35 heavy (non-hydrogen) atoms. The Hall–Kier alpha value is -3.31. The van der Waals surface area contributed by atoms with Crippen molar-refractivity contribution in [2.75, 3.05) is 4.31 Å². The van der Waals surface area contributed by atoms with Gasteiger partial charge in [-0.05, 0) is 60.4 Å². The fourth-order valence-corrected chi connectivity index (χ4v) is 6.95. The van der Waals surface area contributed by atoms with E-state index in [1.54, 1.807) is 54.6 Å². The number of sulfone groups is 1. The molecule has 0 aliphatic heterocycles. The minimum absolute atomic E-state index is 0.0158. The smallest absolute Gasteiger partial charge is 0.335 e. The van der Waals surface area contributed by atoms with E-state index in [2.05, 4.69) is 0 Å². The highest BCUT2D eigenvalue weighted by atomic mass is 32.2. The highest BCUT2D eigenvalue weighted by Gasteiger charge is 2.23. The second-order valence-corrected chi connectivity index (χ2v) is 11.2. The number of carbonyl (C=O) groups is 1. The number of para-hydroxylation sites is 1. The first-order valence-electron chi connectivity index (χ1n) is 10.5. The number of hydrogen-bond acceptors (Lipinski definition) is 6. The van der Waals surface area contributed by atoms with E-state index < -0.39 is 27.1 Å². The minimum Gasteiger partial charge on any atom is -0.755 e. The number of thiophene rings is 1. The fourth-order valence-electron chi connectivity index (χ4n) is 3.62. The van der Waals surface area contributed by atoms with E-state index in [1.807, 2.05) is 6.07 Å². The Bertz CT molecular complexity index is 1480. The summed E-state index contributed by atoms with van der Waals surface area (Å²) in [7, 11) is -3.79. The molecule has 3 aromatic carbocycles. The number of benzene rings is 3. The van der Waals surface area contributed by atoms with Crippen LogP contribution in [0.4, 0.5) is 10.7 Å². The van der Waals surface area contributed by atoms with Crippen molar-refractivity contribution in [1.82, 2.24) is 0 Å². The maximum absolute atomic E-state index is 13.0. The topological polar surface area (TPSA) is 115 Å². The molecule has 0 amide bonds. The van der Waals surface area contributed by atoms with Gasteiger partial charge in [0.2, 0.25) is 9.84 Å². The largest absolute Gasteiger partial charge is 0.755 e. The summed E-state index contributed by atoms with van der Waals surface area (Å²) in [6, 6.07) is 22.9. The van der Waals surface area contributed by atoms with Gasteiger partial charge in [0.25, 0.3) is 0 Å². The number of nitrogens with zero attached hydrogens (tertiary/aromatic N) is 1. The van der Waals surface area contributed by atoms with E-state index in [0.717, 1.165) is 26.8 Å². The van der Waals surface area contributed by atoms with Crippen molar-refractivity contribution < 1.29 is 27.1 Å². The molecule has 1 unspecified atom stereocenters. The first kappa shape index (κ1) is 24.8. The number of aryl methyl sites for hydroxylation is 2. The lowest BCUT2D eigenvalue weighted by Gasteiger charge is -2.27. The normalized spacial score (nSPS) is 12.3. The van der Waals surface area contributed by atoms with Gasteiger partial charge in [-0.25, -0.2) is 13.2 Å². The highest BCUT2D eigenvalue weighted by molar-refractivity contribution is 7.91. The van der Waals surface area contributed by atoms with Crippen molar-refractivity contribution in [3.63, 3.8) is 0 Å². The van der Waals surface area contributed by atoms with Gasteiger partial charge in [0.05, 0.1) is 32.3 Å². The maximum atomic E-state index is 13.0. The predicted octanol–water partition coefficient (Wildman–Crippen LogP) is 5.00. The first-order chi connectivity index (χ1) is 16.8. The van der Waals surface area contributed by atoms with E-state index in [1.165, 1.54) is 29.6 Å². The van der Waals surface area contributed by atoms with Gasteiger partial charge < -0.3 is 9.66 Å². The van der Waals surface area contributed by atoms with Gasteiger partial charge in [0.15, 0.2) is 0 Å². The second-order valence-electron chi connectivity index (χ2n) is 7.58. The van der Waals surface area contributed by atoms with Gasteiger partial charge >= 0.3 is 5.97 Å². The molecular formula is C25H20NO6S3-. The van der Waals surface area contributed by atoms with Gasteiger partial charge in [-0.3, -0.25) is 8.51 Å². The minimum atomic E-state index is -3.79. The Morgan fingerprint density at radius 1 is 0.914 bits per heavy atom. The van der Waals surface area contributed by atoms with Gasteiger partial charge in [-0.2, -0.15) is 0 Å². The Balaban J connectivity index is 1.65. The van der Waals surface area contributed by atoms with Crippen LogP contribution in [0.25, 0.3) is 0 Å². The lowest BCUT2D eigenvalue weighted by atomic mass is 10.0. The lowest BCUT2D eigenvalue weighted by molar-refractivity contribution is 0.0696. The van der Waals surface area contributed by atoms with Crippen LogP contribution in [0, 0.1) is 0 Å². The van der Waals surface area contributed by atoms with Crippen LogP contribution in [0.5, 0.6) is 0 Å². The Morgan fingerprint density at radius 2 is 1.63 bits per heavy atom. The number of carboxylic acid groups (broad SMARTS) is 1. The number of hydrogen-bond donors (Lipinski definition) is 1. The number of carboxylic acids is 1. The van der Waals surface area contributed by atoms with Gasteiger partial charge in [0.1, 0.15) is 5.00 Å². The van der Waals surface area contributed by atoms with E-state index in [9.17, 15) is 27.1 Å². The first-order valence-corrected chi connectivity index (χ1v) is 13.8. The number of rotatable bonds is 9. The van der Waals surface area contributed by atoms with Crippen molar-refractivity contribution in [2.24, 2.45) is 0 Å². The van der Waals surface area contributed by atoms with Gasteiger partial charge in [-0.1, -0.05) is 48.5 Å². The molecule has 4 rings (SSSR count). The fraction of sp³-hybridized carbons (Fsp3) is 0.0800. The molecule has 0 aliphatic rings. The monoisotopic (exact) mass is 526 g/mol. The molecule has 1 atom stereocenters. The third kappa shape index (κ3) is 5.51. The van der Waals surface area contributed by atoms with Crippen molar-refractivity contribution >= 4 is 49.1 Å². The van der Waals surface area contributed by atoms with Crippen LogP contribution < -0.4 is 4.31 Å². The summed E-state index contributed by atoms with van der Waals surface area (Å²) in [5.41, 5.74) is 2.12. The van der Waals surface area contributed by atoms with E-state index in [-0.39, 0.29) is 20.4 Å². The van der Waals surface area contributed by atoms with Crippen LogP contribution in [0.3, 0.4) is 0 Å². The summed E-state index contributed by atoms with van der Waals surface area (Å²) in [6.07, 6.45) is 0.947. The molecule has 1 aromatic heterocycles. The molecule has 1 heterocycles. The summed E-state index contributed by atoms with van der Waals surface area (Å²) in [5.74, 6) is -1.01. The Labute approximate surface area is 209 Å². The predicted molar refractivity (Wildman–Crippen MR) is 135 cm³/mol. The van der Waals surface area contributed by atoms with Crippen LogP contribution >= 0.6 is 11.3 Å². The summed E-state index contributed by atoms with van der Waals surface area (Å²) in [4.78, 5) is 11.4. The molecule has 0 bridgehead atoms. The lowest BCUT2D eigenvalue weighted by Crippen LogP contribution is -2.20. The molecule has 0 aliphatic carbocycles. The van der Waals surface area contributed by atoms with E-state index in [4.69, 9.17) is 0 Å². The average Bonchev–Trinajstić information content (AvgIpc) is 3.34. The van der Waals surface area contributed by atoms with E-state index >= 15 is 0 Å². The quantitative estimate of drug-likeness (QED) is 0.307. The van der Waals surface area contributed by atoms with Crippen molar-refractivity contribution in [1.29, 1.82) is 0 Å². The zero-order valence-corrected chi connectivity index (χ0v) is 20.7. The van der Waals surface area contributed by atoms with Crippen LogP contribution in [-0.4, -0.2) is 28.3 Å². The molecule has 0 fully saturated rings. The number of anilines is 2. The molecule has 0 saturated heterocycles. The van der Waals surface area contributed by atoms with Crippen LogP contribution in [0.15, 0.2) is 100 Å². The molecule has 4 aromatic rings. The standard InChI is InChI=1S/C25H21NO6S3/c27-25(28)20-9-6-7-18(15-20)13-14-19-8-4-5-12-23(19)26(34(29)30)24-16-22(17-33-24)35(31,32)21-10-2-1-3-11-21/h1-12,15-17H,13-14H2,(H,27,28)(H,29,30)/p-1. The van der Waals surface area contributed by atoms with Crippen LogP contribution in [0.1, 0.15) is 21.5 Å². The maximum Gasteiger partial charge on any atom is 0.335 e. The zero-order valence-electron chi connectivity index (χ0n) is 18.2. The van der Waals surface area contributed by atoms with E-state index in [0.29, 0.717) is 18.5 Å². The van der Waals surface area contributed by atoms with Crippen LogP contribution in [-0.2, 0) is 33.9 Å². The third-order valence-corrected chi connectivity index (χ3v) is 8.96. The third-order valence-electron chi connectivity index (χ3n) is 5.34. The zero-order chi connectivity index (χ0) is 25.0. The van der Waals surface area contributed by atoms with Crippen molar-refractivity contribution in [3.05, 3.63) is 107 Å². The summed E-state index contributed by atoms with van der Waals surface area (Å²) >= 11 is -1.69. The number of aromatic carboxylic acids is 1. The van der Waals surface area contributed by atoms with Crippen molar-refractivity contribution in [3.8, 4) is 0 Å². The molecule has 0 radical (unpaired) electrons. The van der Waals surface area contributed by atoms with Gasteiger partial charge in [0, 0.05) is 5.38 Å². The molecule has 0 saturated carbocycles. The SMILES string of the molecule is O=C(O)c1cccc(CCc2ccccc2N(c2cc(S(=O)(=O)c3ccccc3)cs2)S(=O)[O-])c1. The Morgan fingerprint density at radius 3 is 2.34 bits per heavy atom. The summed E-state index contributed by atoms with van der Waals surface area (Å²) in [5, 5.41) is 10.9.